The average molecular weight is 251 g/mol. The van der Waals surface area contributed by atoms with E-state index in [1.54, 1.807) is 4.68 Å². The number of carbonyl (C=O) groups is 1. The monoisotopic (exact) mass is 251 g/mol. The molecule has 100 valence electrons. The zero-order chi connectivity index (χ0) is 12.8. The Morgan fingerprint density at radius 1 is 1.56 bits per heavy atom. The average Bonchev–Trinajstić information content (AvgIpc) is 2.85. The van der Waals surface area contributed by atoms with Crippen LogP contribution in [0.15, 0.2) is 6.33 Å². The van der Waals surface area contributed by atoms with Crippen molar-refractivity contribution < 1.29 is 9.53 Å². The molecule has 0 saturated carbocycles. The molecule has 0 bridgehead atoms. The summed E-state index contributed by atoms with van der Waals surface area (Å²) in [5, 5.41) is 4.07. The molecule has 1 aliphatic rings. The van der Waals surface area contributed by atoms with E-state index in [-0.39, 0.29) is 11.9 Å². The molecule has 0 aliphatic carbocycles. The van der Waals surface area contributed by atoms with Crippen LogP contribution in [-0.4, -0.2) is 33.3 Å². The molecule has 1 fully saturated rings. The zero-order valence-corrected chi connectivity index (χ0v) is 11.0. The zero-order valence-electron chi connectivity index (χ0n) is 11.0. The molecule has 0 spiro atoms. The number of hydrogen-bond acceptors (Lipinski definition) is 4. The molecule has 2 heterocycles. The number of Topliss-reactive ketones (excluding diaryl/α,β-unsaturated/α-hetero) is 1. The molecule has 18 heavy (non-hydrogen) atoms. The van der Waals surface area contributed by atoms with Crippen molar-refractivity contribution >= 4 is 5.78 Å². The number of ether oxygens (including phenoxy) is 1. The van der Waals surface area contributed by atoms with E-state index in [1.807, 2.05) is 6.92 Å². The highest BCUT2D eigenvalue weighted by atomic mass is 16.5. The highest BCUT2D eigenvalue weighted by molar-refractivity contribution is 5.80. The number of rotatable bonds is 6. The van der Waals surface area contributed by atoms with Crippen molar-refractivity contribution in [1.82, 2.24) is 14.8 Å². The number of aryl methyl sites for hydroxylation is 1. The largest absolute Gasteiger partial charge is 0.378 e. The molecule has 5 heteroatoms. The van der Waals surface area contributed by atoms with Crippen molar-refractivity contribution in [3.63, 3.8) is 0 Å². The first-order chi connectivity index (χ1) is 8.79. The van der Waals surface area contributed by atoms with Crippen LogP contribution in [0.25, 0.3) is 0 Å². The smallest absolute Gasteiger partial charge is 0.140 e. The third kappa shape index (κ3) is 3.63. The molecule has 0 radical (unpaired) electrons. The third-order valence-electron chi connectivity index (χ3n) is 3.37. The second kappa shape index (κ2) is 6.64. The van der Waals surface area contributed by atoms with Gasteiger partial charge in [-0.3, -0.25) is 4.79 Å². The first-order valence-corrected chi connectivity index (χ1v) is 6.79. The predicted molar refractivity (Wildman–Crippen MR) is 67.2 cm³/mol. The summed E-state index contributed by atoms with van der Waals surface area (Å²) in [5.74, 6) is 0.999. The maximum atomic E-state index is 11.9. The molecular formula is C13H21N3O2. The topological polar surface area (TPSA) is 57.0 Å². The van der Waals surface area contributed by atoms with E-state index < -0.39 is 0 Å². The summed E-state index contributed by atoms with van der Waals surface area (Å²) in [4.78, 5) is 16.0. The van der Waals surface area contributed by atoms with Gasteiger partial charge in [0.25, 0.3) is 0 Å². The maximum Gasteiger partial charge on any atom is 0.140 e. The molecular weight excluding hydrogens is 230 g/mol. The van der Waals surface area contributed by atoms with Gasteiger partial charge >= 0.3 is 0 Å². The Morgan fingerprint density at radius 3 is 3.17 bits per heavy atom. The fraction of sp³-hybridized carbons (Fsp3) is 0.769. The summed E-state index contributed by atoms with van der Waals surface area (Å²) in [7, 11) is 0. The van der Waals surface area contributed by atoms with Gasteiger partial charge in [-0.1, -0.05) is 0 Å². The molecule has 1 unspecified atom stereocenters. The number of aromatic nitrogens is 3. The van der Waals surface area contributed by atoms with Crippen LogP contribution in [0.3, 0.4) is 0 Å². The van der Waals surface area contributed by atoms with Crippen molar-refractivity contribution in [3.05, 3.63) is 12.2 Å². The van der Waals surface area contributed by atoms with Crippen LogP contribution >= 0.6 is 0 Å². The summed E-state index contributed by atoms with van der Waals surface area (Å²) in [6, 6.07) is 0. The Bertz CT molecular complexity index is 383. The Morgan fingerprint density at radius 2 is 2.44 bits per heavy atom. The Kier molecular flexibility index (Phi) is 4.87. The van der Waals surface area contributed by atoms with E-state index in [9.17, 15) is 4.79 Å². The lowest BCUT2D eigenvalue weighted by molar-refractivity contribution is -0.119. The fourth-order valence-electron chi connectivity index (χ4n) is 2.31. The van der Waals surface area contributed by atoms with Gasteiger partial charge in [0.05, 0.1) is 12.5 Å². The second-order valence-electron chi connectivity index (χ2n) is 4.73. The summed E-state index contributed by atoms with van der Waals surface area (Å²) < 4.78 is 7.40. The standard InChI is InChI=1S/C13H21N3O2/c1-2-16-13(14-10-15-16)9-11(17)6-7-12-5-3-4-8-18-12/h10,12H,2-9H2,1H3. The highest BCUT2D eigenvalue weighted by Gasteiger charge is 2.16. The van der Waals surface area contributed by atoms with E-state index in [1.165, 1.54) is 12.7 Å². The van der Waals surface area contributed by atoms with Gasteiger partial charge in [-0.15, -0.1) is 0 Å². The third-order valence-corrected chi connectivity index (χ3v) is 3.37. The Hall–Kier alpha value is -1.23. The Balaban J connectivity index is 1.74. The highest BCUT2D eigenvalue weighted by Crippen LogP contribution is 2.17. The number of ketones is 1. The van der Waals surface area contributed by atoms with Crippen LogP contribution in [0.4, 0.5) is 0 Å². The van der Waals surface area contributed by atoms with E-state index in [4.69, 9.17) is 4.74 Å². The van der Waals surface area contributed by atoms with Crippen LogP contribution in [0.2, 0.25) is 0 Å². The lowest BCUT2D eigenvalue weighted by Crippen LogP contribution is -2.20. The van der Waals surface area contributed by atoms with Crippen molar-refractivity contribution in [1.29, 1.82) is 0 Å². The number of carbonyl (C=O) groups excluding carboxylic acids is 1. The van der Waals surface area contributed by atoms with Gasteiger partial charge in [0.2, 0.25) is 0 Å². The molecule has 0 amide bonds. The van der Waals surface area contributed by atoms with E-state index in [2.05, 4.69) is 10.1 Å². The van der Waals surface area contributed by atoms with Crippen molar-refractivity contribution in [2.45, 2.75) is 58.1 Å². The molecule has 0 aromatic carbocycles. The van der Waals surface area contributed by atoms with Crippen molar-refractivity contribution in [3.8, 4) is 0 Å². The Labute approximate surface area is 108 Å². The van der Waals surface area contributed by atoms with Crippen LogP contribution in [0.1, 0.15) is 44.9 Å². The lowest BCUT2D eigenvalue weighted by atomic mass is 10.0. The molecule has 1 saturated heterocycles. The van der Waals surface area contributed by atoms with Crippen LogP contribution in [0, 0.1) is 0 Å². The minimum absolute atomic E-state index is 0.229. The van der Waals surface area contributed by atoms with Crippen LogP contribution in [-0.2, 0) is 22.5 Å². The molecule has 1 aromatic rings. The molecule has 1 aliphatic heterocycles. The molecule has 1 atom stereocenters. The van der Waals surface area contributed by atoms with Crippen LogP contribution < -0.4 is 0 Å². The normalized spacial score (nSPS) is 19.9. The van der Waals surface area contributed by atoms with Gasteiger partial charge < -0.3 is 4.74 Å². The second-order valence-corrected chi connectivity index (χ2v) is 4.73. The van der Waals surface area contributed by atoms with Gasteiger partial charge in [0, 0.05) is 19.6 Å². The molecule has 1 aromatic heterocycles. The quantitative estimate of drug-likeness (QED) is 0.773. The van der Waals surface area contributed by atoms with Crippen molar-refractivity contribution in [2.75, 3.05) is 6.61 Å². The van der Waals surface area contributed by atoms with E-state index >= 15 is 0 Å². The molecule has 0 N–H and O–H groups in total. The molecule has 2 rings (SSSR count). The lowest BCUT2D eigenvalue weighted by Gasteiger charge is -2.22. The first kappa shape index (κ1) is 13.2. The minimum Gasteiger partial charge on any atom is -0.378 e. The maximum absolute atomic E-state index is 11.9. The van der Waals surface area contributed by atoms with Gasteiger partial charge in [-0.05, 0) is 32.6 Å². The van der Waals surface area contributed by atoms with Gasteiger partial charge in [0.1, 0.15) is 17.9 Å². The van der Waals surface area contributed by atoms with Crippen molar-refractivity contribution in [2.24, 2.45) is 0 Å². The first-order valence-electron chi connectivity index (χ1n) is 6.79. The van der Waals surface area contributed by atoms with E-state index in [0.717, 1.165) is 38.2 Å². The van der Waals surface area contributed by atoms with Gasteiger partial charge in [-0.25, -0.2) is 9.67 Å². The van der Waals surface area contributed by atoms with Crippen LogP contribution in [0.5, 0.6) is 0 Å². The SMILES string of the molecule is CCn1ncnc1CC(=O)CCC1CCCCO1. The summed E-state index contributed by atoms with van der Waals surface area (Å²) in [6.45, 7) is 3.61. The van der Waals surface area contributed by atoms with Gasteiger partial charge in [0.15, 0.2) is 0 Å². The van der Waals surface area contributed by atoms with E-state index in [0.29, 0.717) is 12.8 Å². The molecule has 5 nitrogen and oxygen atoms in total. The summed E-state index contributed by atoms with van der Waals surface area (Å²) in [5.41, 5.74) is 0. The summed E-state index contributed by atoms with van der Waals surface area (Å²) in [6.07, 6.45) is 7.09. The predicted octanol–water partition coefficient (Wildman–Crippen LogP) is 1.76. The minimum atomic E-state index is 0.229. The summed E-state index contributed by atoms with van der Waals surface area (Å²) >= 11 is 0. The van der Waals surface area contributed by atoms with Gasteiger partial charge in [-0.2, -0.15) is 5.10 Å². The number of hydrogen-bond donors (Lipinski definition) is 0. The number of nitrogens with zero attached hydrogens (tertiary/aromatic N) is 3. The fourth-order valence-corrected chi connectivity index (χ4v) is 2.31.